The first-order valence-corrected chi connectivity index (χ1v) is 5.01. The summed E-state index contributed by atoms with van der Waals surface area (Å²) in [4.78, 5) is 0. The second-order valence-electron chi connectivity index (χ2n) is 2.88. The van der Waals surface area contributed by atoms with Crippen LogP contribution >= 0.6 is 0 Å². The molecule has 75 valence electrons. The molecule has 0 unspecified atom stereocenters. The van der Waals surface area contributed by atoms with Crippen LogP contribution in [0.25, 0.3) is 0 Å². The van der Waals surface area contributed by atoms with Crippen LogP contribution < -0.4 is 0 Å². The van der Waals surface area contributed by atoms with E-state index in [0.29, 0.717) is 0 Å². The average molecular weight is 187 g/mol. The lowest BCUT2D eigenvalue weighted by Crippen LogP contribution is -1.62. The van der Waals surface area contributed by atoms with E-state index in [1.165, 1.54) is 0 Å². The highest BCUT2D eigenvalue weighted by Crippen LogP contribution is 1.93. The van der Waals surface area contributed by atoms with Crippen molar-refractivity contribution in [1.29, 1.82) is 0 Å². The third kappa shape index (κ3) is 10.7. The highest BCUT2D eigenvalue weighted by atomic mass is 13.8. The van der Waals surface area contributed by atoms with Crippen molar-refractivity contribution >= 4 is 0 Å². The van der Waals surface area contributed by atoms with Gasteiger partial charge >= 0.3 is 0 Å². The van der Waals surface area contributed by atoms with E-state index in [0.717, 1.165) is 25.7 Å². The largest absolute Gasteiger partial charge is 0.103 e. The molecule has 0 fully saturated rings. The van der Waals surface area contributed by atoms with Crippen molar-refractivity contribution in [3.63, 3.8) is 0 Å². The normalized spacial score (nSPS) is 11.7. The van der Waals surface area contributed by atoms with E-state index >= 15 is 0 Å². The zero-order valence-electron chi connectivity index (χ0n) is 8.73. The third-order valence-electron chi connectivity index (χ3n) is 1.62. The van der Waals surface area contributed by atoms with E-state index in [-0.39, 0.29) is 0 Å². The van der Waals surface area contributed by atoms with Crippen molar-refractivity contribution in [2.45, 2.75) is 25.7 Å². The van der Waals surface area contributed by atoms with Crippen LogP contribution in [0, 0.1) is 6.58 Å². The average Bonchev–Trinajstić information content (AvgIpc) is 2.21. The van der Waals surface area contributed by atoms with Crippen molar-refractivity contribution in [2.75, 3.05) is 0 Å². The van der Waals surface area contributed by atoms with Crippen LogP contribution in [0.3, 0.4) is 0 Å². The summed E-state index contributed by atoms with van der Waals surface area (Å²) in [6, 6.07) is 0. The van der Waals surface area contributed by atoms with E-state index < -0.39 is 0 Å². The van der Waals surface area contributed by atoms with Crippen LogP contribution in [0.1, 0.15) is 25.7 Å². The maximum Gasteiger partial charge on any atom is -0.0166 e. The number of rotatable bonds is 8. The van der Waals surface area contributed by atoms with Crippen molar-refractivity contribution in [1.82, 2.24) is 0 Å². The molecule has 14 heavy (non-hydrogen) atoms. The predicted molar refractivity (Wildman–Crippen MR) is 65.0 cm³/mol. The molecule has 0 aliphatic carbocycles. The van der Waals surface area contributed by atoms with E-state index in [1.807, 2.05) is 6.08 Å². The van der Waals surface area contributed by atoms with Crippen molar-refractivity contribution in [3.8, 4) is 0 Å². The molecule has 0 bridgehead atoms. The first kappa shape index (κ1) is 12.7. The Labute approximate surface area is 88.0 Å². The maximum absolute atomic E-state index is 5.23. The van der Waals surface area contributed by atoms with Gasteiger partial charge in [0.05, 0.1) is 0 Å². The minimum absolute atomic E-state index is 0.854. The van der Waals surface area contributed by atoms with E-state index in [9.17, 15) is 0 Å². The second kappa shape index (κ2) is 11.7. The molecule has 0 amide bonds. The number of hydrogen-bond donors (Lipinski definition) is 0. The summed E-state index contributed by atoms with van der Waals surface area (Å²) >= 11 is 0. The van der Waals surface area contributed by atoms with Gasteiger partial charge in [0.25, 0.3) is 0 Å². The molecule has 0 aromatic rings. The highest BCUT2D eigenvalue weighted by Gasteiger charge is 1.72. The fourth-order valence-electron chi connectivity index (χ4n) is 0.909. The van der Waals surface area contributed by atoms with E-state index in [4.69, 9.17) is 6.58 Å². The Morgan fingerprint density at radius 2 is 1.14 bits per heavy atom. The molecule has 0 nitrogen and oxygen atoms in total. The smallest absolute Gasteiger partial charge is 0.0166 e. The van der Waals surface area contributed by atoms with Gasteiger partial charge in [-0.25, -0.2) is 0 Å². The molecule has 0 aromatic heterocycles. The van der Waals surface area contributed by atoms with Gasteiger partial charge in [0.2, 0.25) is 0 Å². The molecule has 0 aliphatic rings. The molecule has 0 heterocycles. The summed E-state index contributed by atoms with van der Waals surface area (Å²) in [6.45, 7) is 8.87. The molecular formula is C14H19. The first-order chi connectivity index (χ1) is 6.91. The van der Waals surface area contributed by atoms with Gasteiger partial charge in [-0.1, -0.05) is 55.2 Å². The van der Waals surface area contributed by atoms with Gasteiger partial charge in [-0.05, 0) is 25.7 Å². The van der Waals surface area contributed by atoms with Crippen molar-refractivity contribution in [3.05, 3.63) is 61.8 Å². The second-order valence-corrected chi connectivity index (χ2v) is 2.88. The zero-order chi connectivity index (χ0) is 10.5. The Morgan fingerprint density at radius 3 is 1.57 bits per heavy atom. The molecule has 0 saturated carbocycles. The van der Waals surface area contributed by atoms with Crippen molar-refractivity contribution in [2.24, 2.45) is 0 Å². The molecule has 0 spiro atoms. The van der Waals surface area contributed by atoms with E-state index in [1.54, 1.807) is 6.08 Å². The topological polar surface area (TPSA) is 0 Å². The Balaban J connectivity index is 3.35. The number of allylic oxidation sites excluding steroid dienone is 8. The summed E-state index contributed by atoms with van der Waals surface area (Å²) in [5, 5.41) is 0. The molecule has 0 aromatic carbocycles. The molecular weight excluding hydrogens is 168 g/mol. The monoisotopic (exact) mass is 187 g/mol. The molecule has 0 saturated heterocycles. The van der Waals surface area contributed by atoms with Crippen LogP contribution in [0.2, 0.25) is 0 Å². The summed E-state index contributed by atoms with van der Waals surface area (Å²) in [7, 11) is 0. The molecule has 1 radical (unpaired) electrons. The van der Waals surface area contributed by atoms with Crippen LogP contribution in [-0.2, 0) is 0 Å². The fraction of sp³-hybridized carbons (Fsp3) is 0.286. The van der Waals surface area contributed by atoms with Gasteiger partial charge in [0, 0.05) is 0 Å². The van der Waals surface area contributed by atoms with Crippen LogP contribution in [-0.4, -0.2) is 0 Å². The fourth-order valence-corrected chi connectivity index (χ4v) is 0.909. The molecule has 0 N–H and O–H groups in total. The van der Waals surface area contributed by atoms with Gasteiger partial charge < -0.3 is 0 Å². The third-order valence-corrected chi connectivity index (χ3v) is 1.62. The van der Waals surface area contributed by atoms with Crippen molar-refractivity contribution < 1.29 is 0 Å². The van der Waals surface area contributed by atoms with Crippen LogP contribution in [0.5, 0.6) is 0 Å². The number of hydrogen-bond acceptors (Lipinski definition) is 0. The summed E-state index contributed by atoms with van der Waals surface area (Å²) in [5.41, 5.74) is 0. The summed E-state index contributed by atoms with van der Waals surface area (Å²) in [5.74, 6) is 0. The minimum atomic E-state index is 0.854. The Bertz CT molecular complexity index is 192. The van der Waals surface area contributed by atoms with Gasteiger partial charge in [0.1, 0.15) is 0 Å². The Morgan fingerprint density at radius 1 is 0.714 bits per heavy atom. The van der Waals surface area contributed by atoms with Gasteiger partial charge in [-0.2, -0.15) is 0 Å². The van der Waals surface area contributed by atoms with Crippen LogP contribution in [0.15, 0.2) is 55.2 Å². The standard InChI is InChI=1S/C14H19/c1-3-5-7-9-11-13-14-12-10-8-6-4-2/h1,3-4,7-10,13-14H,2,5-6,11-12H2. The minimum Gasteiger partial charge on any atom is -0.103 e. The van der Waals surface area contributed by atoms with Gasteiger partial charge in [-0.15, -0.1) is 6.58 Å². The lowest BCUT2D eigenvalue weighted by atomic mass is 10.2. The Hall–Kier alpha value is -1.30. The lowest BCUT2D eigenvalue weighted by Gasteiger charge is -1.83. The molecule has 0 aliphatic heterocycles. The summed E-state index contributed by atoms with van der Waals surface area (Å²) < 4.78 is 0. The van der Waals surface area contributed by atoms with Gasteiger partial charge in [0.15, 0.2) is 0 Å². The zero-order valence-corrected chi connectivity index (χ0v) is 8.73. The van der Waals surface area contributed by atoms with Gasteiger partial charge in [-0.3, -0.25) is 0 Å². The van der Waals surface area contributed by atoms with Crippen LogP contribution in [0.4, 0.5) is 0 Å². The SMILES string of the molecule is [CH]=CCC=CCC=CCC=CCC=C. The lowest BCUT2D eigenvalue weighted by molar-refractivity contribution is 1.26. The quantitative estimate of drug-likeness (QED) is 0.494. The molecule has 0 rings (SSSR count). The van der Waals surface area contributed by atoms with E-state index in [2.05, 4.69) is 43.0 Å². The Kier molecular flexibility index (Phi) is 10.6. The molecule has 0 atom stereocenters. The summed E-state index contributed by atoms with van der Waals surface area (Å²) in [6.07, 6.45) is 20.1. The highest BCUT2D eigenvalue weighted by molar-refractivity contribution is 4.99. The maximum atomic E-state index is 5.23. The predicted octanol–water partition coefficient (Wildman–Crippen LogP) is 4.39. The molecule has 0 heteroatoms. The first-order valence-electron chi connectivity index (χ1n) is 5.01.